The van der Waals surface area contributed by atoms with Crippen LogP contribution in [0.2, 0.25) is 0 Å². The fourth-order valence-electron chi connectivity index (χ4n) is 3.69. The Bertz CT molecular complexity index is 1190. The standard InChI is InChI=1S/C20H20N6OS2/c1-27-13-6-4-5-12(9-13)26-11-22-25-20(26)28-10-16-23-18(21)17-14-7-2-3-8-15(14)29-19(17)24-16/h4-6,9,11H,2-3,7-8,10H2,1H3,(H2,21,23,24). The molecular formula is C20H20N6OS2. The summed E-state index contributed by atoms with van der Waals surface area (Å²) in [5.41, 5.74) is 8.64. The molecule has 1 aliphatic carbocycles. The van der Waals surface area contributed by atoms with Gasteiger partial charge in [0.15, 0.2) is 5.16 Å². The number of nitrogen functional groups attached to an aromatic ring is 1. The van der Waals surface area contributed by atoms with Crippen LogP contribution in [0.4, 0.5) is 5.82 Å². The zero-order valence-electron chi connectivity index (χ0n) is 16.0. The van der Waals surface area contributed by atoms with Crippen LogP contribution in [0.3, 0.4) is 0 Å². The van der Waals surface area contributed by atoms with Crippen molar-refractivity contribution in [2.45, 2.75) is 36.6 Å². The number of rotatable bonds is 5. The van der Waals surface area contributed by atoms with E-state index in [4.69, 9.17) is 15.5 Å². The van der Waals surface area contributed by atoms with Gasteiger partial charge in [0.2, 0.25) is 0 Å². The van der Waals surface area contributed by atoms with Crippen molar-refractivity contribution in [3.63, 3.8) is 0 Å². The highest BCUT2D eigenvalue weighted by Gasteiger charge is 2.20. The fraction of sp³-hybridized carbons (Fsp3) is 0.300. The number of nitrogens with zero attached hydrogens (tertiary/aromatic N) is 5. The lowest BCUT2D eigenvalue weighted by Gasteiger charge is -2.10. The van der Waals surface area contributed by atoms with Crippen molar-refractivity contribution in [3.8, 4) is 11.4 Å². The van der Waals surface area contributed by atoms with Crippen molar-refractivity contribution in [2.24, 2.45) is 0 Å². The summed E-state index contributed by atoms with van der Waals surface area (Å²) in [6, 6.07) is 7.79. The lowest BCUT2D eigenvalue weighted by Crippen LogP contribution is -2.03. The molecule has 0 bridgehead atoms. The number of aryl methyl sites for hydroxylation is 2. The number of aromatic nitrogens is 5. The maximum Gasteiger partial charge on any atom is 0.196 e. The number of anilines is 1. The van der Waals surface area contributed by atoms with E-state index in [-0.39, 0.29) is 0 Å². The highest BCUT2D eigenvalue weighted by molar-refractivity contribution is 7.98. The van der Waals surface area contributed by atoms with Crippen LogP contribution < -0.4 is 10.5 Å². The maximum atomic E-state index is 6.33. The molecule has 29 heavy (non-hydrogen) atoms. The molecule has 0 saturated heterocycles. The minimum atomic E-state index is 0.575. The highest BCUT2D eigenvalue weighted by Crippen LogP contribution is 2.38. The van der Waals surface area contributed by atoms with Gasteiger partial charge < -0.3 is 10.5 Å². The number of ether oxygens (including phenoxy) is 1. The molecule has 0 radical (unpaired) electrons. The summed E-state index contributed by atoms with van der Waals surface area (Å²) in [5.74, 6) is 2.68. The molecule has 2 N–H and O–H groups in total. The lowest BCUT2D eigenvalue weighted by molar-refractivity contribution is 0.414. The minimum Gasteiger partial charge on any atom is -0.497 e. The van der Waals surface area contributed by atoms with Gasteiger partial charge in [-0.2, -0.15) is 0 Å². The largest absolute Gasteiger partial charge is 0.497 e. The molecule has 9 heteroatoms. The first-order valence-electron chi connectivity index (χ1n) is 9.47. The van der Waals surface area contributed by atoms with Gasteiger partial charge in [0, 0.05) is 10.9 Å². The normalized spacial score (nSPS) is 13.6. The SMILES string of the molecule is COc1cccc(-n2cnnc2SCc2nc(N)c3c4c(sc3n2)CCCC4)c1. The van der Waals surface area contributed by atoms with Crippen LogP contribution in [0.15, 0.2) is 35.7 Å². The molecule has 0 unspecified atom stereocenters. The number of hydrogen-bond acceptors (Lipinski definition) is 8. The van der Waals surface area contributed by atoms with Gasteiger partial charge in [0.1, 0.15) is 28.5 Å². The molecule has 4 aromatic rings. The summed E-state index contributed by atoms with van der Waals surface area (Å²) in [6.45, 7) is 0. The first-order chi connectivity index (χ1) is 14.2. The molecule has 0 atom stereocenters. The Morgan fingerprint density at radius 1 is 1.24 bits per heavy atom. The number of thiophene rings is 1. The van der Waals surface area contributed by atoms with E-state index in [0.29, 0.717) is 11.6 Å². The van der Waals surface area contributed by atoms with Crippen molar-refractivity contribution in [2.75, 3.05) is 12.8 Å². The number of hydrogen-bond donors (Lipinski definition) is 1. The third kappa shape index (κ3) is 3.44. The third-order valence-corrected chi connectivity index (χ3v) is 7.19. The number of methoxy groups -OCH3 is 1. The molecule has 0 aliphatic heterocycles. The summed E-state index contributed by atoms with van der Waals surface area (Å²) >= 11 is 3.31. The zero-order valence-corrected chi connectivity index (χ0v) is 17.6. The van der Waals surface area contributed by atoms with Gasteiger partial charge in [-0.1, -0.05) is 17.8 Å². The van der Waals surface area contributed by atoms with E-state index >= 15 is 0 Å². The van der Waals surface area contributed by atoms with E-state index in [0.717, 1.165) is 45.5 Å². The van der Waals surface area contributed by atoms with E-state index < -0.39 is 0 Å². The maximum absolute atomic E-state index is 6.33. The molecule has 5 rings (SSSR count). The number of thioether (sulfide) groups is 1. The summed E-state index contributed by atoms with van der Waals surface area (Å²) < 4.78 is 7.25. The van der Waals surface area contributed by atoms with Crippen LogP contribution in [-0.2, 0) is 18.6 Å². The fourth-order valence-corrected chi connectivity index (χ4v) is 5.76. The van der Waals surface area contributed by atoms with Crippen LogP contribution in [0.1, 0.15) is 29.1 Å². The van der Waals surface area contributed by atoms with E-state index in [1.807, 2.05) is 28.8 Å². The van der Waals surface area contributed by atoms with Crippen LogP contribution in [0.5, 0.6) is 5.75 Å². The van der Waals surface area contributed by atoms with E-state index in [1.165, 1.54) is 35.0 Å². The predicted molar refractivity (Wildman–Crippen MR) is 116 cm³/mol. The van der Waals surface area contributed by atoms with E-state index in [9.17, 15) is 0 Å². The second-order valence-corrected chi connectivity index (χ2v) is 8.92. The van der Waals surface area contributed by atoms with Gasteiger partial charge in [-0.05, 0) is 43.4 Å². The van der Waals surface area contributed by atoms with E-state index in [1.54, 1.807) is 24.8 Å². The Labute approximate surface area is 176 Å². The Morgan fingerprint density at radius 2 is 2.14 bits per heavy atom. The second-order valence-electron chi connectivity index (χ2n) is 6.89. The van der Waals surface area contributed by atoms with Gasteiger partial charge in [0.05, 0.1) is 23.9 Å². The Balaban J connectivity index is 1.41. The Hall–Kier alpha value is -2.65. The second kappa shape index (κ2) is 7.64. The van der Waals surface area contributed by atoms with Crippen LogP contribution >= 0.6 is 23.1 Å². The molecule has 148 valence electrons. The zero-order chi connectivity index (χ0) is 19.8. The summed E-state index contributed by atoms with van der Waals surface area (Å²) in [7, 11) is 1.65. The van der Waals surface area contributed by atoms with Gasteiger partial charge >= 0.3 is 0 Å². The molecule has 0 amide bonds. The van der Waals surface area contributed by atoms with Crippen molar-refractivity contribution in [3.05, 3.63) is 46.9 Å². The van der Waals surface area contributed by atoms with Crippen molar-refractivity contribution in [1.82, 2.24) is 24.7 Å². The number of nitrogens with two attached hydrogens (primary N) is 1. The minimum absolute atomic E-state index is 0.575. The van der Waals surface area contributed by atoms with Crippen molar-refractivity contribution < 1.29 is 4.74 Å². The molecule has 0 spiro atoms. The molecule has 1 aliphatic rings. The monoisotopic (exact) mass is 424 g/mol. The van der Waals surface area contributed by atoms with Gasteiger partial charge in [-0.25, -0.2) is 9.97 Å². The number of fused-ring (bicyclic) bond motifs is 3. The summed E-state index contributed by atoms with van der Waals surface area (Å²) in [6.07, 6.45) is 6.37. The molecule has 3 aromatic heterocycles. The molecular weight excluding hydrogens is 404 g/mol. The molecule has 3 heterocycles. The molecule has 1 aromatic carbocycles. The van der Waals surface area contributed by atoms with E-state index in [2.05, 4.69) is 15.2 Å². The molecule has 0 saturated carbocycles. The topological polar surface area (TPSA) is 91.7 Å². The van der Waals surface area contributed by atoms with Gasteiger partial charge in [0.25, 0.3) is 0 Å². The average Bonchev–Trinajstić information content (AvgIpc) is 3.36. The first-order valence-corrected chi connectivity index (χ1v) is 11.3. The van der Waals surface area contributed by atoms with Gasteiger partial charge in [-0.15, -0.1) is 21.5 Å². The van der Waals surface area contributed by atoms with Crippen molar-refractivity contribution in [1.29, 1.82) is 0 Å². The van der Waals surface area contributed by atoms with Crippen LogP contribution in [0.25, 0.3) is 15.9 Å². The molecule has 7 nitrogen and oxygen atoms in total. The Morgan fingerprint density at radius 3 is 3.03 bits per heavy atom. The predicted octanol–water partition coefficient (Wildman–Crippen LogP) is 4.03. The summed E-state index contributed by atoms with van der Waals surface area (Å²) in [4.78, 5) is 11.8. The average molecular weight is 425 g/mol. The summed E-state index contributed by atoms with van der Waals surface area (Å²) in [5, 5.41) is 10.2. The van der Waals surface area contributed by atoms with Crippen molar-refractivity contribution >= 4 is 39.1 Å². The van der Waals surface area contributed by atoms with Gasteiger partial charge in [-0.3, -0.25) is 4.57 Å². The van der Waals surface area contributed by atoms with Crippen LogP contribution in [-0.4, -0.2) is 31.8 Å². The number of benzene rings is 1. The third-order valence-electron chi connectivity index (χ3n) is 5.07. The quantitative estimate of drug-likeness (QED) is 0.484. The Kier molecular flexibility index (Phi) is 4.84. The lowest BCUT2D eigenvalue weighted by atomic mass is 9.97. The highest BCUT2D eigenvalue weighted by atomic mass is 32.2. The first kappa shape index (κ1) is 18.4. The molecule has 0 fully saturated rings. The smallest absolute Gasteiger partial charge is 0.196 e. The van der Waals surface area contributed by atoms with Crippen LogP contribution in [0, 0.1) is 0 Å².